The Morgan fingerprint density at radius 3 is 1.67 bits per heavy atom. The van der Waals surface area contributed by atoms with E-state index in [-0.39, 0.29) is 5.24 Å². The highest BCUT2D eigenvalue weighted by Gasteiger charge is 2.12. The third-order valence-corrected chi connectivity index (χ3v) is 1.72. The Kier molecular flexibility index (Phi) is 5.38. The van der Waals surface area contributed by atoms with Crippen molar-refractivity contribution in [1.82, 2.24) is 4.90 Å². The molecule has 72 valence electrons. The van der Waals surface area contributed by atoms with E-state index in [1.165, 1.54) is 0 Å². The summed E-state index contributed by atoms with van der Waals surface area (Å²) in [6, 6.07) is 0. The molecule has 0 unspecified atom stereocenters. The van der Waals surface area contributed by atoms with Gasteiger partial charge in [0.15, 0.2) is 0 Å². The number of carbonyl (C=O) groups excluding carboxylic acids is 1. The van der Waals surface area contributed by atoms with Crippen LogP contribution < -0.4 is 0 Å². The highest BCUT2D eigenvalue weighted by molar-refractivity contribution is 7.96. The molecule has 0 bridgehead atoms. The molecule has 0 N–H and O–H groups in total. The van der Waals surface area contributed by atoms with Crippen LogP contribution in [0.15, 0.2) is 0 Å². The third kappa shape index (κ3) is 5.47. The van der Waals surface area contributed by atoms with E-state index in [2.05, 4.69) is 40.3 Å². The second-order valence-corrected chi connectivity index (χ2v) is 4.36. The van der Waals surface area contributed by atoms with Gasteiger partial charge in [0.2, 0.25) is 0 Å². The average Bonchev–Trinajstić information content (AvgIpc) is 1.83. The summed E-state index contributed by atoms with van der Waals surface area (Å²) in [7, 11) is 0. The van der Waals surface area contributed by atoms with Gasteiger partial charge >= 0.3 is 0 Å². The van der Waals surface area contributed by atoms with Gasteiger partial charge in [0, 0.05) is 13.1 Å². The van der Waals surface area contributed by atoms with Gasteiger partial charge in [-0.15, -0.1) is 0 Å². The van der Waals surface area contributed by atoms with E-state index < -0.39 is 0 Å². The van der Waals surface area contributed by atoms with E-state index in [0.717, 1.165) is 13.1 Å². The number of carbonyl (C=O) groups is 1. The summed E-state index contributed by atoms with van der Waals surface area (Å²) >= 11 is 3.83. The van der Waals surface area contributed by atoms with Crippen molar-refractivity contribution in [1.29, 1.82) is 0 Å². The van der Waals surface area contributed by atoms with Crippen molar-refractivity contribution in [2.24, 2.45) is 11.8 Å². The minimum Gasteiger partial charge on any atom is -0.333 e. The van der Waals surface area contributed by atoms with Crippen LogP contribution in [0.2, 0.25) is 0 Å². The van der Waals surface area contributed by atoms with Gasteiger partial charge in [-0.1, -0.05) is 40.3 Å². The van der Waals surface area contributed by atoms with Crippen molar-refractivity contribution in [2.45, 2.75) is 27.7 Å². The molecule has 0 spiro atoms. The van der Waals surface area contributed by atoms with Crippen molar-refractivity contribution in [3.05, 3.63) is 0 Å². The van der Waals surface area contributed by atoms with Gasteiger partial charge in [0.1, 0.15) is 0 Å². The Morgan fingerprint density at radius 1 is 1.17 bits per heavy atom. The Balaban J connectivity index is 3.96. The normalized spacial score (nSPS) is 10.9. The molecular weight excluding hydrogens is 170 g/mol. The number of rotatable bonds is 4. The minimum absolute atomic E-state index is 0.114. The molecular formula is C9H19NOS. The van der Waals surface area contributed by atoms with Crippen molar-refractivity contribution in [3.63, 3.8) is 0 Å². The van der Waals surface area contributed by atoms with Gasteiger partial charge in [-0.3, -0.25) is 4.79 Å². The van der Waals surface area contributed by atoms with Crippen LogP contribution >= 0.6 is 12.6 Å². The lowest BCUT2D eigenvalue weighted by atomic mass is 10.1. The summed E-state index contributed by atoms with van der Waals surface area (Å²) in [6.45, 7) is 10.0. The van der Waals surface area contributed by atoms with E-state index in [4.69, 9.17) is 0 Å². The lowest BCUT2D eigenvalue weighted by Crippen LogP contribution is -2.33. The van der Waals surface area contributed by atoms with Crippen LogP contribution in [0, 0.1) is 11.8 Å². The predicted molar refractivity (Wildman–Crippen MR) is 55.6 cm³/mol. The molecule has 3 heteroatoms. The summed E-state index contributed by atoms with van der Waals surface area (Å²) in [5.74, 6) is 1.03. The smallest absolute Gasteiger partial charge is 0.278 e. The lowest BCUT2D eigenvalue weighted by Gasteiger charge is -2.24. The Labute approximate surface area is 80.7 Å². The van der Waals surface area contributed by atoms with Crippen LogP contribution in [0.4, 0.5) is 4.79 Å². The fraction of sp³-hybridized carbons (Fsp3) is 0.889. The Hall–Kier alpha value is -0.180. The Bertz CT molecular complexity index is 135. The standard InChI is InChI=1S/C9H19NOS/c1-7(2)5-10(9(11)12)6-8(3)4/h7-8H,5-6H2,1-4H3,(H,11,12). The zero-order chi connectivity index (χ0) is 9.72. The van der Waals surface area contributed by atoms with Crippen molar-refractivity contribution in [3.8, 4) is 0 Å². The zero-order valence-corrected chi connectivity index (χ0v) is 9.27. The SMILES string of the molecule is CC(C)CN(CC(C)C)C(=O)S. The highest BCUT2D eigenvalue weighted by Crippen LogP contribution is 2.06. The topological polar surface area (TPSA) is 20.3 Å². The number of hydrogen-bond donors (Lipinski definition) is 1. The summed E-state index contributed by atoms with van der Waals surface area (Å²) in [5.41, 5.74) is 0. The molecule has 0 aromatic heterocycles. The van der Waals surface area contributed by atoms with E-state index >= 15 is 0 Å². The predicted octanol–water partition coefficient (Wildman–Crippen LogP) is 2.65. The molecule has 0 fully saturated rings. The number of nitrogens with zero attached hydrogens (tertiary/aromatic N) is 1. The largest absolute Gasteiger partial charge is 0.333 e. The van der Waals surface area contributed by atoms with Crippen molar-refractivity contribution >= 4 is 17.9 Å². The van der Waals surface area contributed by atoms with Crippen molar-refractivity contribution in [2.75, 3.05) is 13.1 Å². The van der Waals surface area contributed by atoms with Crippen LogP contribution in [-0.2, 0) is 0 Å². The molecule has 0 rings (SSSR count). The molecule has 0 heterocycles. The van der Waals surface area contributed by atoms with E-state index in [1.54, 1.807) is 4.90 Å². The molecule has 0 aliphatic carbocycles. The van der Waals surface area contributed by atoms with Gasteiger partial charge in [-0.05, 0) is 11.8 Å². The maximum Gasteiger partial charge on any atom is 0.278 e. The molecule has 0 aliphatic heterocycles. The molecule has 0 saturated heterocycles. The van der Waals surface area contributed by atoms with E-state index in [9.17, 15) is 4.79 Å². The van der Waals surface area contributed by atoms with Gasteiger partial charge in [-0.25, -0.2) is 0 Å². The van der Waals surface area contributed by atoms with Gasteiger partial charge in [0.25, 0.3) is 5.24 Å². The summed E-state index contributed by atoms with van der Waals surface area (Å²) in [6.07, 6.45) is 0. The fourth-order valence-corrected chi connectivity index (χ4v) is 1.28. The quantitative estimate of drug-likeness (QED) is 0.674. The molecule has 0 radical (unpaired) electrons. The fourth-order valence-electron chi connectivity index (χ4n) is 1.11. The van der Waals surface area contributed by atoms with Crippen LogP contribution in [-0.4, -0.2) is 23.2 Å². The maximum absolute atomic E-state index is 11.0. The third-order valence-electron chi connectivity index (χ3n) is 1.44. The maximum atomic E-state index is 11.0. The molecule has 1 amide bonds. The second kappa shape index (κ2) is 5.46. The van der Waals surface area contributed by atoms with E-state index in [0.29, 0.717) is 11.8 Å². The number of amides is 1. The molecule has 0 saturated carbocycles. The van der Waals surface area contributed by atoms with Gasteiger partial charge in [-0.2, -0.15) is 0 Å². The summed E-state index contributed by atoms with van der Waals surface area (Å²) in [4.78, 5) is 12.8. The lowest BCUT2D eigenvalue weighted by molar-refractivity contribution is 0.208. The van der Waals surface area contributed by atoms with Crippen LogP contribution in [0.5, 0.6) is 0 Å². The first-order valence-corrected chi connectivity index (χ1v) is 4.86. The highest BCUT2D eigenvalue weighted by atomic mass is 32.1. The average molecular weight is 189 g/mol. The second-order valence-electron chi connectivity index (χ2n) is 3.98. The van der Waals surface area contributed by atoms with Crippen LogP contribution in [0.1, 0.15) is 27.7 Å². The molecule has 2 nitrogen and oxygen atoms in total. The molecule has 12 heavy (non-hydrogen) atoms. The summed E-state index contributed by atoms with van der Waals surface area (Å²) < 4.78 is 0. The van der Waals surface area contributed by atoms with Crippen molar-refractivity contribution < 1.29 is 4.79 Å². The Morgan fingerprint density at radius 2 is 1.50 bits per heavy atom. The molecule has 0 aliphatic rings. The van der Waals surface area contributed by atoms with Gasteiger partial charge < -0.3 is 4.90 Å². The molecule has 0 aromatic rings. The number of hydrogen-bond acceptors (Lipinski definition) is 1. The van der Waals surface area contributed by atoms with Crippen LogP contribution in [0.3, 0.4) is 0 Å². The van der Waals surface area contributed by atoms with Gasteiger partial charge in [0.05, 0.1) is 0 Å². The minimum atomic E-state index is -0.114. The summed E-state index contributed by atoms with van der Waals surface area (Å²) in [5, 5.41) is -0.114. The first-order chi connectivity index (χ1) is 5.43. The first kappa shape index (κ1) is 11.8. The molecule has 0 aromatic carbocycles. The first-order valence-electron chi connectivity index (χ1n) is 4.41. The van der Waals surface area contributed by atoms with Crippen LogP contribution in [0.25, 0.3) is 0 Å². The number of thiol groups is 1. The molecule has 0 atom stereocenters. The zero-order valence-electron chi connectivity index (χ0n) is 8.37. The monoisotopic (exact) mass is 189 g/mol. The van der Waals surface area contributed by atoms with E-state index in [1.807, 2.05) is 0 Å².